The Morgan fingerprint density at radius 2 is 1.60 bits per heavy atom. The van der Waals surface area contributed by atoms with Crippen molar-refractivity contribution in [2.24, 2.45) is 0 Å². The number of carbonyl (C=O) groups is 2. The zero-order valence-electron chi connectivity index (χ0n) is 19.2. The second-order valence-electron chi connectivity index (χ2n) is 9.11. The van der Waals surface area contributed by atoms with Crippen molar-refractivity contribution in [1.29, 1.82) is 0 Å². The molecule has 3 aromatic rings. The van der Waals surface area contributed by atoms with Crippen LogP contribution in [0.15, 0.2) is 66.7 Å². The van der Waals surface area contributed by atoms with Crippen LogP contribution in [0.3, 0.4) is 0 Å². The number of nitrogens with one attached hydrogen (secondary N) is 1. The molecule has 0 unspecified atom stereocenters. The summed E-state index contributed by atoms with van der Waals surface area (Å²) in [5.74, 6) is -0.320. The second-order valence-corrected chi connectivity index (χ2v) is 9.11. The van der Waals surface area contributed by atoms with Crippen LogP contribution in [0.25, 0.3) is 10.8 Å². The van der Waals surface area contributed by atoms with E-state index < -0.39 is 23.3 Å². The Morgan fingerprint density at radius 3 is 2.34 bits per heavy atom. The number of anilines is 1. The van der Waals surface area contributed by atoms with E-state index in [1.165, 1.54) is 11.0 Å². The van der Waals surface area contributed by atoms with Gasteiger partial charge in [0.2, 0.25) is 0 Å². The van der Waals surface area contributed by atoms with Crippen LogP contribution < -0.4 is 10.2 Å². The smallest absolute Gasteiger partial charge is 0.369 e. The van der Waals surface area contributed by atoms with E-state index in [4.69, 9.17) is 0 Å². The molecule has 3 aromatic carbocycles. The van der Waals surface area contributed by atoms with Gasteiger partial charge in [-0.15, -0.1) is 0 Å². The summed E-state index contributed by atoms with van der Waals surface area (Å²) < 4.78 is 39.2. The highest BCUT2D eigenvalue weighted by Gasteiger charge is 2.50. The van der Waals surface area contributed by atoms with Gasteiger partial charge in [-0.2, -0.15) is 13.2 Å². The van der Waals surface area contributed by atoms with Gasteiger partial charge < -0.3 is 10.2 Å². The minimum atomic E-state index is -4.39. The van der Waals surface area contributed by atoms with E-state index in [9.17, 15) is 22.8 Å². The zero-order chi connectivity index (χ0) is 24.8. The van der Waals surface area contributed by atoms with Crippen molar-refractivity contribution in [3.8, 4) is 0 Å². The normalized spacial score (nSPS) is 21.6. The molecule has 2 fully saturated rings. The first-order valence-corrected chi connectivity index (χ1v) is 11.4. The molecule has 9 heteroatoms. The van der Waals surface area contributed by atoms with Crippen molar-refractivity contribution in [3.63, 3.8) is 0 Å². The Bertz CT molecular complexity index is 1280. The largest absolute Gasteiger partial charge is 0.416 e. The van der Waals surface area contributed by atoms with Gasteiger partial charge in [0.05, 0.1) is 12.2 Å². The highest BCUT2D eigenvalue weighted by atomic mass is 19.4. The SMILES string of the molecule is C[C@@]1(c2cccc3ccccc23)NC(=O)N(CN2CCN(c3cccc(C(F)(F)F)c3)CC2)C1=O. The molecule has 2 aliphatic heterocycles. The third-order valence-corrected chi connectivity index (χ3v) is 6.86. The lowest BCUT2D eigenvalue weighted by Gasteiger charge is -2.37. The second kappa shape index (κ2) is 8.57. The maximum absolute atomic E-state index is 13.5. The van der Waals surface area contributed by atoms with Crippen molar-refractivity contribution < 1.29 is 22.8 Å². The van der Waals surface area contributed by atoms with Crippen molar-refractivity contribution in [2.75, 3.05) is 37.7 Å². The molecule has 0 saturated carbocycles. The Morgan fingerprint density at radius 1 is 0.914 bits per heavy atom. The Hall–Kier alpha value is -3.59. The number of imide groups is 1. The summed E-state index contributed by atoms with van der Waals surface area (Å²) in [6.07, 6.45) is -4.39. The molecule has 2 heterocycles. The van der Waals surface area contributed by atoms with Gasteiger partial charge >= 0.3 is 12.2 Å². The molecular formula is C26H25F3N4O2. The van der Waals surface area contributed by atoms with Crippen molar-refractivity contribution in [2.45, 2.75) is 18.6 Å². The average molecular weight is 483 g/mol. The number of hydrogen-bond acceptors (Lipinski definition) is 4. The number of carbonyl (C=O) groups excluding carboxylic acids is 2. The van der Waals surface area contributed by atoms with Gasteiger partial charge in [0.1, 0.15) is 5.54 Å². The first-order chi connectivity index (χ1) is 16.7. The van der Waals surface area contributed by atoms with E-state index in [1.807, 2.05) is 52.3 Å². The number of piperazine rings is 1. The van der Waals surface area contributed by atoms with Crippen LogP contribution in [0.4, 0.5) is 23.7 Å². The summed E-state index contributed by atoms with van der Waals surface area (Å²) >= 11 is 0. The summed E-state index contributed by atoms with van der Waals surface area (Å²) in [4.78, 5) is 31.4. The van der Waals surface area contributed by atoms with Crippen molar-refractivity contribution >= 4 is 28.4 Å². The van der Waals surface area contributed by atoms with Gasteiger partial charge in [0.25, 0.3) is 5.91 Å². The van der Waals surface area contributed by atoms with Crippen molar-refractivity contribution in [1.82, 2.24) is 15.1 Å². The third-order valence-electron chi connectivity index (χ3n) is 6.86. The van der Waals surface area contributed by atoms with Crippen LogP contribution in [0, 0.1) is 0 Å². The van der Waals surface area contributed by atoms with E-state index >= 15 is 0 Å². The molecule has 0 spiro atoms. The fraction of sp³-hybridized carbons (Fsp3) is 0.308. The highest BCUT2D eigenvalue weighted by molar-refractivity contribution is 6.09. The standard InChI is InChI=1S/C26H25F3N4O2/c1-25(22-11-4-7-18-6-2-3-10-21(18)22)23(34)33(24(35)30-25)17-31-12-14-32(15-13-31)20-9-5-8-19(16-20)26(27,28)29/h2-11,16H,12-15,17H2,1H3,(H,30,35)/t25-/m0/s1. The Balaban J connectivity index is 1.28. The number of alkyl halides is 3. The average Bonchev–Trinajstić information content (AvgIpc) is 3.07. The zero-order valence-corrected chi connectivity index (χ0v) is 19.2. The first kappa shape index (κ1) is 23.2. The molecule has 0 bridgehead atoms. The number of rotatable bonds is 4. The van der Waals surface area contributed by atoms with Crippen LogP contribution in [-0.4, -0.2) is 54.6 Å². The fourth-order valence-corrected chi connectivity index (χ4v) is 4.90. The maximum Gasteiger partial charge on any atom is 0.416 e. The highest BCUT2D eigenvalue weighted by Crippen LogP contribution is 2.34. The van der Waals surface area contributed by atoms with Gasteiger partial charge in [-0.1, -0.05) is 48.5 Å². The quantitative estimate of drug-likeness (QED) is 0.560. The van der Waals surface area contributed by atoms with Gasteiger partial charge in [-0.25, -0.2) is 9.69 Å². The minimum absolute atomic E-state index is 0.126. The summed E-state index contributed by atoms with van der Waals surface area (Å²) in [5, 5.41) is 4.77. The summed E-state index contributed by atoms with van der Waals surface area (Å²) in [7, 11) is 0. The van der Waals surface area contributed by atoms with Crippen LogP contribution in [0.5, 0.6) is 0 Å². The van der Waals surface area contributed by atoms with E-state index in [0.29, 0.717) is 31.9 Å². The molecule has 35 heavy (non-hydrogen) atoms. The van der Waals surface area contributed by atoms with Crippen LogP contribution >= 0.6 is 0 Å². The molecule has 0 radical (unpaired) electrons. The Kier molecular flexibility index (Phi) is 5.67. The van der Waals surface area contributed by atoms with E-state index in [0.717, 1.165) is 28.5 Å². The van der Waals surface area contributed by atoms with E-state index in [-0.39, 0.29) is 12.6 Å². The molecule has 3 amide bonds. The molecule has 6 nitrogen and oxygen atoms in total. The predicted octanol–water partition coefficient (Wildman–Crippen LogP) is 4.41. The summed E-state index contributed by atoms with van der Waals surface area (Å²) in [5.41, 5.74) is -0.606. The molecular weight excluding hydrogens is 457 g/mol. The topological polar surface area (TPSA) is 55.9 Å². The van der Waals surface area contributed by atoms with Crippen LogP contribution in [0.2, 0.25) is 0 Å². The van der Waals surface area contributed by atoms with Gasteiger partial charge in [0.15, 0.2) is 0 Å². The molecule has 0 aromatic heterocycles. The molecule has 0 aliphatic carbocycles. The number of halogens is 3. The fourth-order valence-electron chi connectivity index (χ4n) is 4.90. The molecule has 1 N–H and O–H groups in total. The molecule has 2 aliphatic rings. The minimum Gasteiger partial charge on any atom is -0.369 e. The number of fused-ring (bicyclic) bond motifs is 1. The summed E-state index contributed by atoms with van der Waals surface area (Å²) in [6.45, 7) is 3.86. The number of hydrogen-bond donors (Lipinski definition) is 1. The van der Waals surface area contributed by atoms with Gasteiger partial charge in [0, 0.05) is 31.9 Å². The number of urea groups is 1. The number of amides is 3. The monoisotopic (exact) mass is 482 g/mol. The first-order valence-electron chi connectivity index (χ1n) is 11.4. The van der Waals surface area contributed by atoms with E-state index in [1.54, 1.807) is 13.0 Å². The molecule has 2 saturated heterocycles. The van der Waals surface area contributed by atoms with Crippen LogP contribution in [0.1, 0.15) is 18.1 Å². The lowest BCUT2D eigenvalue weighted by molar-refractivity contribution is -0.137. The third kappa shape index (κ3) is 4.20. The predicted molar refractivity (Wildman–Crippen MR) is 127 cm³/mol. The number of benzene rings is 3. The van der Waals surface area contributed by atoms with Gasteiger partial charge in [-0.3, -0.25) is 9.69 Å². The Labute approximate surface area is 200 Å². The van der Waals surface area contributed by atoms with Crippen LogP contribution in [-0.2, 0) is 16.5 Å². The lowest BCUT2D eigenvalue weighted by Crippen LogP contribution is -2.51. The summed E-state index contributed by atoms with van der Waals surface area (Å²) in [6, 6.07) is 18.3. The lowest BCUT2D eigenvalue weighted by atomic mass is 9.88. The molecule has 182 valence electrons. The molecule has 5 rings (SSSR count). The van der Waals surface area contributed by atoms with E-state index in [2.05, 4.69) is 5.32 Å². The van der Waals surface area contributed by atoms with Crippen molar-refractivity contribution in [3.05, 3.63) is 77.9 Å². The maximum atomic E-state index is 13.5. The molecule has 1 atom stereocenters. The number of nitrogens with zero attached hydrogens (tertiary/aromatic N) is 3. The van der Waals surface area contributed by atoms with Gasteiger partial charge in [-0.05, 0) is 41.5 Å².